The number of phenols is 1. The van der Waals surface area contributed by atoms with Crippen LogP contribution >= 0.6 is 0 Å². The summed E-state index contributed by atoms with van der Waals surface area (Å²) in [6.45, 7) is 1.97. The number of benzene rings is 3. The third kappa shape index (κ3) is 2.06. The van der Waals surface area contributed by atoms with Gasteiger partial charge in [0.15, 0.2) is 0 Å². The van der Waals surface area contributed by atoms with Crippen LogP contribution in [0.5, 0.6) is 5.75 Å². The molecule has 25 heavy (non-hydrogen) atoms. The molecular weight excluding hydrogens is 310 g/mol. The van der Waals surface area contributed by atoms with Gasteiger partial charge in [0.25, 0.3) is 0 Å². The van der Waals surface area contributed by atoms with Crippen LogP contribution in [0.3, 0.4) is 0 Å². The molecule has 1 aromatic heterocycles. The fourth-order valence-electron chi connectivity index (χ4n) is 3.68. The number of nitrogens with zero attached hydrogens (tertiary/aromatic N) is 1. The van der Waals surface area contributed by atoms with Crippen molar-refractivity contribution >= 4 is 28.2 Å². The fourth-order valence-corrected chi connectivity index (χ4v) is 3.68. The molecule has 0 unspecified atom stereocenters. The van der Waals surface area contributed by atoms with Crippen molar-refractivity contribution in [1.29, 1.82) is 0 Å². The molecule has 2 heterocycles. The van der Waals surface area contributed by atoms with Crippen LogP contribution in [0.4, 0.5) is 17.3 Å². The predicted octanol–water partition coefficient (Wildman–Crippen LogP) is 5.82. The van der Waals surface area contributed by atoms with E-state index in [2.05, 4.69) is 24.3 Å². The lowest BCUT2D eigenvalue weighted by molar-refractivity contribution is 0.475. The van der Waals surface area contributed by atoms with Gasteiger partial charge in [-0.3, -0.25) is 4.90 Å². The summed E-state index contributed by atoms with van der Waals surface area (Å²) in [4.78, 5) is 2.03. The fraction of sp³-hybridized carbons (Fsp3) is 0.0909. The lowest BCUT2D eigenvalue weighted by Crippen LogP contribution is -2.17. The second-order valence-electron chi connectivity index (χ2n) is 6.51. The van der Waals surface area contributed by atoms with Crippen molar-refractivity contribution in [3.63, 3.8) is 0 Å². The van der Waals surface area contributed by atoms with E-state index in [9.17, 15) is 5.11 Å². The van der Waals surface area contributed by atoms with E-state index in [0.717, 1.165) is 45.8 Å². The van der Waals surface area contributed by atoms with Gasteiger partial charge in [0.1, 0.15) is 11.3 Å². The molecule has 122 valence electrons. The van der Waals surface area contributed by atoms with E-state index in [-0.39, 0.29) is 5.75 Å². The molecule has 0 radical (unpaired) electrons. The number of anilines is 3. The Morgan fingerprint density at radius 3 is 2.60 bits per heavy atom. The Kier molecular flexibility index (Phi) is 2.92. The summed E-state index contributed by atoms with van der Waals surface area (Å²) in [5.41, 5.74) is 6.07. The number of hydrogen-bond donors (Lipinski definition) is 1. The van der Waals surface area contributed by atoms with E-state index >= 15 is 0 Å². The van der Waals surface area contributed by atoms with Crippen LogP contribution in [-0.4, -0.2) is 5.11 Å². The molecule has 0 fully saturated rings. The van der Waals surface area contributed by atoms with Gasteiger partial charge in [0, 0.05) is 17.4 Å². The minimum atomic E-state index is 0.253. The standard InChI is InChI=1S/C22H17NO2/c1-14-10-11-19(20(24)12-14)23-18-8-4-2-6-15(18)13-17-16-7-3-5-9-21(16)25-22(17)23/h2-12,24H,13H2,1H3. The Hall–Kier alpha value is -3.20. The Labute approximate surface area is 145 Å². The molecule has 0 atom stereocenters. The van der Waals surface area contributed by atoms with Crippen molar-refractivity contribution in [3.8, 4) is 5.75 Å². The van der Waals surface area contributed by atoms with Gasteiger partial charge >= 0.3 is 0 Å². The van der Waals surface area contributed by atoms with Crippen LogP contribution < -0.4 is 4.90 Å². The maximum absolute atomic E-state index is 10.6. The number of furan rings is 1. The zero-order valence-electron chi connectivity index (χ0n) is 13.9. The molecule has 0 spiro atoms. The van der Waals surface area contributed by atoms with Gasteiger partial charge in [-0.25, -0.2) is 0 Å². The van der Waals surface area contributed by atoms with Crippen LogP contribution in [0.1, 0.15) is 16.7 Å². The van der Waals surface area contributed by atoms with E-state index < -0.39 is 0 Å². The van der Waals surface area contributed by atoms with Crippen molar-refractivity contribution in [3.05, 3.63) is 83.4 Å². The summed E-state index contributed by atoms with van der Waals surface area (Å²) in [5.74, 6) is 1.04. The molecule has 0 aliphatic carbocycles. The quantitative estimate of drug-likeness (QED) is 0.421. The molecule has 3 heteroatoms. The van der Waals surface area contributed by atoms with Crippen molar-refractivity contribution in [2.45, 2.75) is 13.3 Å². The van der Waals surface area contributed by atoms with E-state index in [1.807, 2.05) is 48.2 Å². The lowest BCUT2D eigenvalue weighted by atomic mass is 9.96. The highest BCUT2D eigenvalue weighted by Crippen LogP contribution is 2.49. The summed E-state index contributed by atoms with van der Waals surface area (Å²) in [6, 6.07) is 22.1. The molecule has 0 bridgehead atoms. The average molecular weight is 327 g/mol. The molecule has 1 aliphatic heterocycles. The summed E-state index contributed by atoms with van der Waals surface area (Å²) in [5, 5.41) is 11.7. The van der Waals surface area contributed by atoms with Crippen molar-refractivity contribution in [2.24, 2.45) is 0 Å². The van der Waals surface area contributed by atoms with Crippen LogP contribution in [0, 0.1) is 6.92 Å². The number of aryl methyl sites for hydroxylation is 1. The van der Waals surface area contributed by atoms with Gasteiger partial charge in [-0.1, -0.05) is 42.5 Å². The monoisotopic (exact) mass is 327 g/mol. The van der Waals surface area contributed by atoms with Crippen LogP contribution in [0.15, 0.2) is 71.1 Å². The summed E-state index contributed by atoms with van der Waals surface area (Å²) < 4.78 is 6.21. The zero-order valence-corrected chi connectivity index (χ0v) is 13.9. The smallest absolute Gasteiger partial charge is 0.209 e. The lowest BCUT2D eigenvalue weighted by Gasteiger charge is -2.30. The molecule has 1 aliphatic rings. The molecule has 0 amide bonds. The first-order valence-corrected chi connectivity index (χ1v) is 8.40. The maximum Gasteiger partial charge on any atom is 0.209 e. The Bertz CT molecular complexity index is 1110. The SMILES string of the molecule is Cc1ccc(N2c3ccccc3Cc3c2oc2ccccc32)c(O)c1. The number of fused-ring (bicyclic) bond motifs is 4. The first-order chi connectivity index (χ1) is 12.2. The second kappa shape index (κ2) is 5.15. The molecule has 1 N–H and O–H groups in total. The highest BCUT2D eigenvalue weighted by molar-refractivity contribution is 5.93. The first-order valence-electron chi connectivity index (χ1n) is 8.40. The third-order valence-corrected chi connectivity index (χ3v) is 4.85. The van der Waals surface area contributed by atoms with Gasteiger partial charge in [-0.15, -0.1) is 0 Å². The van der Waals surface area contributed by atoms with Gasteiger partial charge in [0.05, 0.1) is 11.4 Å². The summed E-state index contributed by atoms with van der Waals surface area (Å²) in [7, 11) is 0. The summed E-state index contributed by atoms with van der Waals surface area (Å²) in [6.07, 6.45) is 0.825. The minimum Gasteiger partial charge on any atom is -0.506 e. The van der Waals surface area contributed by atoms with Crippen LogP contribution in [0.25, 0.3) is 11.0 Å². The number of rotatable bonds is 1. The van der Waals surface area contributed by atoms with Gasteiger partial charge in [-0.05, 0) is 42.3 Å². The van der Waals surface area contributed by atoms with Gasteiger partial charge in [0.2, 0.25) is 5.88 Å². The first kappa shape index (κ1) is 14.2. The normalized spacial score (nSPS) is 12.9. The summed E-state index contributed by atoms with van der Waals surface area (Å²) >= 11 is 0. The highest BCUT2D eigenvalue weighted by Gasteiger charge is 2.30. The highest BCUT2D eigenvalue weighted by atomic mass is 16.4. The average Bonchev–Trinajstić information content (AvgIpc) is 2.99. The van der Waals surface area contributed by atoms with E-state index in [1.165, 1.54) is 5.56 Å². The van der Waals surface area contributed by atoms with Crippen LogP contribution in [0.2, 0.25) is 0 Å². The molecule has 5 rings (SSSR count). The van der Waals surface area contributed by atoms with Crippen molar-refractivity contribution < 1.29 is 9.52 Å². The zero-order chi connectivity index (χ0) is 17.0. The van der Waals surface area contributed by atoms with Crippen molar-refractivity contribution in [1.82, 2.24) is 0 Å². The van der Waals surface area contributed by atoms with Gasteiger partial charge < -0.3 is 9.52 Å². The maximum atomic E-state index is 10.6. The topological polar surface area (TPSA) is 36.6 Å². The predicted molar refractivity (Wildman–Crippen MR) is 100 cm³/mol. The number of hydrogen-bond acceptors (Lipinski definition) is 3. The van der Waals surface area contributed by atoms with Crippen LogP contribution in [-0.2, 0) is 6.42 Å². The molecular formula is C22H17NO2. The Morgan fingerprint density at radius 2 is 1.72 bits per heavy atom. The van der Waals surface area contributed by atoms with Crippen molar-refractivity contribution in [2.75, 3.05) is 4.90 Å². The Morgan fingerprint density at radius 1 is 0.920 bits per heavy atom. The third-order valence-electron chi connectivity index (χ3n) is 4.85. The molecule has 3 aromatic carbocycles. The molecule has 4 aromatic rings. The number of aromatic hydroxyl groups is 1. The second-order valence-corrected chi connectivity index (χ2v) is 6.51. The molecule has 0 saturated heterocycles. The Balaban J connectivity index is 1.83. The van der Waals surface area contributed by atoms with Gasteiger partial charge in [-0.2, -0.15) is 0 Å². The number of para-hydroxylation sites is 2. The van der Waals surface area contributed by atoms with E-state index in [1.54, 1.807) is 6.07 Å². The van der Waals surface area contributed by atoms with E-state index in [4.69, 9.17) is 4.42 Å². The van der Waals surface area contributed by atoms with E-state index in [0.29, 0.717) is 0 Å². The number of phenolic OH excluding ortho intramolecular Hbond substituents is 1. The largest absolute Gasteiger partial charge is 0.506 e. The molecule has 0 saturated carbocycles. The minimum absolute atomic E-state index is 0.253. The molecule has 3 nitrogen and oxygen atoms in total.